The van der Waals surface area contributed by atoms with Gasteiger partial charge in [0.15, 0.2) is 0 Å². The summed E-state index contributed by atoms with van der Waals surface area (Å²) in [7, 11) is 0. The van der Waals surface area contributed by atoms with Crippen LogP contribution < -0.4 is 0 Å². The van der Waals surface area contributed by atoms with E-state index in [1.54, 1.807) is 0 Å². The van der Waals surface area contributed by atoms with Crippen molar-refractivity contribution in [1.82, 2.24) is 9.88 Å². The third-order valence-corrected chi connectivity index (χ3v) is 3.68. The molecule has 2 heterocycles. The minimum absolute atomic E-state index is 0.0914. The van der Waals surface area contributed by atoms with Gasteiger partial charge in [0.1, 0.15) is 4.34 Å². The quantitative estimate of drug-likeness (QED) is 0.759. The van der Waals surface area contributed by atoms with Crippen molar-refractivity contribution in [2.75, 3.05) is 6.54 Å². The van der Waals surface area contributed by atoms with Crippen LogP contribution in [-0.4, -0.2) is 33.7 Å². The van der Waals surface area contributed by atoms with Gasteiger partial charge in [-0.3, -0.25) is 0 Å². The number of rotatable bonds is 1. The zero-order chi connectivity index (χ0) is 11.7. The first-order valence-electron chi connectivity index (χ1n) is 4.93. The molecule has 0 bridgehead atoms. The lowest BCUT2D eigenvalue weighted by Gasteiger charge is -2.29. The van der Waals surface area contributed by atoms with Crippen molar-refractivity contribution >= 4 is 35.6 Å². The van der Waals surface area contributed by atoms with Gasteiger partial charge in [-0.25, -0.2) is 9.78 Å². The molecule has 0 radical (unpaired) electrons. The molecule has 6 heteroatoms. The van der Waals surface area contributed by atoms with Gasteiger partial charge in [0.25, 0.3) is 0 Å². The number of carbonyl (C=O) groups is 1. The Bertz CT molecular complexity index is 442. The predicted octanol–water partition coefficient (Wildman–Crippen LogP) is 2.59. The fourth-order valence-electron chi connectivity index (χ4n) is 1.80. The third-order valence-electron chi connectivity index (χ3n) is 2.62. The number of thiol groups is 1. The van der Waals surface area contributed by atoms with E-state index >= 15 is 0 Å². The second kappa shape index (κ2) is 4.47. The van der Waals surface area contributed by atoms with Crippen LogP contribution in [0.2, 0.25) is 0 Å². The van der Waals surface area contributed by atoms with Crippen LogP contribution in [0.3, 0.4) is 0 Å². The monoisotopic (exact) mass is 256 g/mol. The molecule has 86 valence electrons. The maximum absolute atomic E-state index is 10.9. The number of carboxylic acid groups (broad SMARTS) is 1. The fraction of sp³-hybridized carbons (Fsp3) is 0.400. The van der Waals surface area contributed by atoms with Gasteiger partial charge < -0.3 is 10.0 Å². The lowest BCUT2D eigenvalue weighted by Crippen LogP contribution is -2.39. The van der Waals surface area contributed by atoms with Gasteiger partial charge in [-0.05, 0) is 18.9 Å². The molecule has 0 fully saturated rings. The van der Waals surface area contributed by atoms with Crippen molar-refractivity contribution < 1.29 is 9.90 Å². The van der Waals surface area contributed by atoms with E-state index in [-0.39, 0.29) is 6.04 Å². The van der Waals surface area contributed by atoms with Gasteiger partial charge in [-0.15, -0.1) is 24.0 Å². The Balaban J connectivity index is 2.21. The highest BCUT2D eigenvalue weighted by molar-refractivity contribution is 7.82. The summed E-state index contributed by atoms with van der Waals surface area (Å²) in [4.78, 5) is 16.6. The largest absolute Gasteiger partial charge is 0.465 e. The van der Waals surface area contributed by atoms with Crippen LogP contribution in [0.4, 0.5) is 4.79 Å². The molecule has 1 amide bonds. The molecule has 1 aliphatic heterocycles. The third kappa shape index (κ3) is 2.22. The normalized spacial score (nSPS) is 20.8. The number of aromatic nitrogens is 1. The van der Waals surface area contributed by atoms with Crippen LogP contribution in [0.5, 0.6) is 0 Å². The van der Waals surface area contributed by atoms with E-state index in [9.17, 15) is 4.79 Å². The van der Waals surface area contributed by atoms with Gasteiger partial charge >= 0.3 is 6.09 Å². The Labute approximate surface area is 103 Å². The Morgan fingerprint density at radius 2 is 2.50 bits per heavy atom. The van der Waals surface area contributed by atoms with E-state index in [0.29, 0.717) is 13.0 Å². The molecule has 1 aromatic heterocycles. The Hall–Kier alpha value is -1.01. The van der Waals surface area contributed by atoms with Crippen molar-refractivity contribution in [2.24, 2.45) is 0 Å². The summed E-state index contributed by atoms with van der Waals surface area (Å²) < 4.78 is 0.740. The maximum Gasteiger partial charge on any atom is 0.407 e. The van der Waals surface area contributed by atoms with Crippen LogP contribution in [0, 0.1) is 0 Å². The zero-order valence-electron chi connectivity index (χ0n) is 8.75. The highest BCUT2D eigenvalue weighted by Gasteiger charge is 2.23. The van der Waals surface area contributed by atoms with E-state index in [1.165, 1.54) is 16.2 Å². The fourth-order valence-corrected chi connectivity index (χ4v) is 2.64. The smallest absolute Gasteiger partial charge is 0.407 e. The Morgan fingerprint density at radius 1 is 1.75 bits per heavy atom. The molecule has 4 nitrogen and oxygen atoms in total. The lowest BCUT2D eigenvalue weighted by molar-refractivity contribution is 0.136. The van der Waals surface area contributed by atoms with Crippen molar-refractivity contribution in [1.29, 1.82) is 0 Å². The van der Waals surface area contributed by atoms with E-state index < -0.39 is 6.09 Å². The summed E-state index contributed by atoms with van der Waals surface area (Å²) in [6, 6.07) is -0.0914. The first kappa shape index (κ1) is 11.5. The molecule has 0 aliphatic carbocycles. The number of thiazole rings is 1. The summed E-state index contributed by atoms with van der Waals surface area (Å²) in [5.41, 5.74) is 2.04. The second-order valence-corrected chi connectivity index (χ2v) is 5.26. The van der Waals surface area contributed by atoms with Crippen LogP contribution >= 0.6 is 24.0 Å². The highest BCUT2D eigenvalue weighted by atomic mass is 32.2. The Morgan fingerprint density at radius 3 is 3.00 bits per heavy atom. The molecule has 1 N–H and O–H groups in total. The Kier molecular flexibility index (Phi) is 3.20. The first-order chi connectivity index (χ1) is 7.58. The van der Waals surface area contributed by atoms with E-state index in [1.807, 2.05) is 18.4 Å². The van der Waals surface area contributed by atoms with Crippen molar-refractivity contribution in [3.05, 3.63) is 17.2 Å². The van der Waals surface area contributed by atoms with Crippen LogP contribution in [0.15, 0.2) is 15.8 Å². The summed E-state index contributed by atoms with van der Waals surface area (Å²) in [5, 5.41) is 10.9. The van der Waals surface area contributed by atoms with Gasteiger partial charge in [-0.1, -0.05) is 6.08 Å². The lowest BCUT2D eigenvalue weighted by atomic mass is 10.0. The molecule has 0 saturated heterocycles. The van der Waals surface area contributed by atoms with Gasteiger partial charge in [0.05, 0.1) is 11.7 Å². The molecule has 2 rings (SSSR count). The minimum atomic E-state index is -0.865. The number of nitrogens with zero attached hydrogens (tertiary/aromatic N) is 2. The van der Waals surface area contributed by atoms with Crippen LogP contribution in [0.25, 0.3) is 5.57 Å². The molecule has 1 aliphatic rings. The molecular weight excluding hydrogens is 244 g/mol. The molecule has 1 aromatic rings. The number of hydrogen-bond donors (Lipinski definition) is 2. The number of amides is 1. The van der Waals surface area contributed by atoms with Crippen molar-refractivity contribution in [3.8, 4) is 0 Å². The summed E-state index contributed by atoms with van der Waals surface area (Å²) in [6.45, 7) is 2.41. The average Bonchev–Trinajstić information content (AvgIpc) is 2.64. The zero-order valence-corrected chi connectivity index (χ0v) is 10.5. The molecule has 0 spiro atoms. The maximum atomic E-state index is 10.9. The minimum Gasteiger partial charge on any atom is -0.465 e. The standard InChI is InChI=1S/C10H12N2O2S2/c1-6-4-7(2-3-12(6)10(13)14)8-5-16-9(15)11-8/h4-6H,2-3H2,1H3,(H,11,15)(H,13,14)/t6-/m1/s1. The highest BCUT2D eigenvalue weighted by Crippen LogP contribution is 2.27. The van der Waals surface area contributed by atoms with Crippen LogP contribution in [0.1, 0.15) is 19.0 Å². The summed E-state index contributed by atoms with van der Waals surface area (Å²) in [6.07, 6.45) is 1.81. The molecule has 0 saturated carbocycles. The predicted molar refractivity (Wildman–Crippen MR) is 66.2 cm³/mol. The van der Waals surface area contributed by atoms with Crippen molar-refractivity contribution in [3.63, 3.8) is 0 Å². The van der Waals surface area contributed by atoms with Crippen LogP contribution in [-0.2, 0) is 0 Å². The summed E-state index contributed by atoms with van der Waals surface area (Å²) >= 11 is 5.66. The van der Waals surface area contributed by atoms with Gasteiger partial charge in [0, 0.05) is 11.9 Å². The SMILES string of the molecule is C[C@@H]1C=C(c2csc(S)n2)CCN1C(=O)O. The molecule has 0 unspecified atom stereocenters. The molecule has 0 aromatic carbocycles. The average molecular weight is 256 g/mol. The topological polar surface area (TPSA) is 53.4 Å². The first-order valence-corrected chi connectivity index (χ1v) is 6.25. The molecule has 1 atom stereocenters. The molecule has 16 heavy (non-hydrogen) atoms. The van der Waals surface area contributed by atoms with Crippen molar-refractivity contribution in [2.45, 2.75) is 23.7 Å². The van der Waals surface area contributed by atoms with E-state index in [2.05, 4.69) is 17.6 Å². The summed E-state index contributed by atoms with van der Waals surface area (Å²) in [5.74, 6) is 0. The molecular formula is C10H12N2O2S2. The van der Waals surface area contributed by atoms with E-state index in [4.69, 9.17) is 5.11 Å². The second-order valence-electron chi connectivity index (χ2n) is 3.67. The van der Waals surface area contributed by atoms with Gasteiger partial charge in [0.2, 0.25) is 0 Å². The number of hydrogen-bond acceptors (Lipinski definition) is 4. The van der Waals surface area contributed by atoms with E-state index in [0.717, 1.165) is 15.6 Å². The van der Waals surface area contributed by atoms with Gasteiger partial charge in [-0.2, -0.15) is 0 Å².